The maximum atomic E-state index is 12.1. The van der Waals surface area contributed by atoms with Gasteiger partial charge in [0.05, 0.1) is 18.4 Å². The molecule has 0 saturated heterocycles. The molecule has 1 heterocycles. The number of esters is 1. The molecule has 19 heavy (non-hydrogen) atoms. The van der Waals surface area contributed by atoms with Gasteiger partial charge in [-0.1, -0.05) is 12.1 Å². The molecule has 1 aromatic heterocycles. The summed E-state index contributed by atoms with van der Waals surface area (Å²) in [4.78, 5) is 24.0. The molecule has 0 aliphatic rings. The average Bonchev–Trinajstić information content (AvgIpc) is 2.86. The molecule has 4 nitrogen and oxygen atoms in total. The number of carbonyl (C=O) groups excluding carboxylic acids is 2. The summed E-state index contributed by atoms with van der Waals surface area (Å²) in [5.74, 6) is -0.693. The second kappa shape index (κ2) is 6.16. The van der Waals surface area contributed by atoms with Crippen LogP contribution >= 0.6 is 33.9 Å². The molecule has 0 bridgehead atoms. The normalized spacial score (nSPS) is 10.0. The monoisotopic (exact) mass is 387 g/mol. The SMILES string of the molecule is COC(=O)c1sccc1NC(=O)c1ccccc1I. The number of anilines is 1. The number of hydrogen-bond donors (Lipinski definition) is 1. The molecule has 0 spiro atoms. The summed E-state index contributed by atoms with van der Waals surface area (Å²) in [6.45, 7) is 0. The molecule has 6 heteroatoms. The van der Waals surface area contributed by atoms with Gasteiger partial charge in [-0.2, -0.15) is 0 Å². The Kier molecular flexibility index (Phi) is 4.54. The number of carbonyl (C=O) groups is 2. The molecule has 1 amide bonds. The van der Waals surface area contributed by atoms with E-state index in [2.05, 4.69) is 32.6 Å². The van der Waals surface area contributed by atoms with Crippen molar-refractivity contribution >= 4 is 51.5 Å². The highest BCUT2D eigenvalue weighted by Gasteiger charge is 2.17. The Bertz CT molecular complexity index is 624. The smallest absolute Gasteiger partial charge is 0.350 e. The van der Waals surface area contributed by atoms with Crippen LogP contribution in [0, 0.1) is 3.57 Å². The van der Waals surface area contributed by atoms with Crippen molar-refractivity contribution in [3.63, 3.8) is 0 Å². The molecule has 0 aliphatic heterocycles. The lowest BCUT2D eigenvalue weighted by Gasteiger charge is -2.06. The molecular formula is C13H10INO3S. The maximum Gasteiger partial charge on any atom is 0.350 e. The first-order chi connectivity index (χ1) is 9.13. The first-order valence-corrected chi connectivity index (χ1v) is 7.31. The van der Waals surface area contributed by atoms with Gasteiger partial charge in [0.25, 0.3) is 5.91 Å². The van der Waals surface area contributed by atoms with E-state index in [4.69, 9.17) is 0 Å². The van der Waals surface area contributed by atoms with E-state index in [0.29, 0.717) is 16.1 Å². The van der Waals surface area contributed by atoms with Gasteiger partial charge in [-0.15, -0.1) is 11.3 Å². The summed E-state index contributed by atoms with van der Waals surface area (Å²) in [7, 11) is 1.31. The fourth-order valence-electron chi connectivity index (χ4n) is 1.49. The highest BCUT2D eigenvalue weighted by molar-refractivity contribution is 14.1. The number of benzene rings is 1. The van der Waals surface area contributed by atoms with Crippen molar-refractivity contribution in [2.24, 2.45) is 0 Å². The van der Waals surface area contributed by atoms with Crippen LogP contribution in [0.1, 0.15) is 20.0 Å². The molecule has 98 valence electrons. The molecule has 0 radical (unpaired) electrons. The minimum absolute atomic E-state index is 0.242. The van der Waals surface area contributed by atoms with Crippen molar-refractivity contribution in [3.8, 4) is 0 Å². The predicted octanol–water partition coefficient (Wildman–Crippen LogP) is 3.39. The fraction of sp³-hybridized carbons (Fsp3) is 0.0769. The first-order valence-electron chi connectivity index (χ1n) is 5.35. The Morgan fingerprint density at radius 3 is 2.68 bits per heavy atom. The third-order valence-corrected chi connectivity index (χ3v) is 4.24. The van der Waals surface area contributed by atoms with Crippen LogP contribution in [0.5, 0.6) is 0 Å². The van der Waals surface area contributed by atoms with Crippen LogP contribution in [0.4, 0.5) is 5.69 Å². The zero-order chi connectivity index (χ0) is 13.8. The molecule has 2 rings (SSSR count). The molecule has 0 unspecified atom stereocenters. The Morgan fingerprint density at radius 2 is 2.00 bits per heavy atom. The molecule has 0 fully saturated rings. The van der Waals surface area contributed by atoms with Crippen LogP contribution in [0.2, 0.25) is 0 Å². The molecular weight excluding hydrogens is 377 g/mol. The van der Waals surface area contributed by atoms with Gasteiger partial charge >= 0.3 is 5.97 Å². The summed E-state index contributed by atoms with van der Waals surface area (Å²) in [5, 5.41) is 4.46. The number of amides is 1. The second-order valence-corrected chi connectivity index (χ2v) is 5.67. The van der Waals surface area contributed by atoms with Gasteiger partial charge in [0.1, 0.15) is 4.88 Å². The topological polar surface area (TPSA) is 55.4 Å². The van der Waals surface area contributed by atoms with E-state index in [1.54, 1.807) is 23.6 Å². The zero-order valence-corrected chi connectivity index (χ0v) is 12.9. The summed E-state index contributed by atoms with van der Waals surface area (Å²) >= 11 is 3.33. The molecule has 1 aromatic carbocycles. The van der Waals surface area contributed by atoms with Crippen molar-refractivity contribution in [1.29, 1.82) is 0 Å². The highest BCUT2D eigenvalue weighted by atomic mass is 127. The molecule has 1 N–H and O–H groups in total. The van der Waals surface area contributed by atoms with Crippen LogP contribution < -0.4 is 5.32 Å². The van der Waals surface area contributed by atoms with Gasteiger partial charge in [-0.05, 0) is 46.2 Å². The van der Waals surface area contributed by atoms with Crippen molar-refractivity contribution in [1.82, 2.24) is 0 Å². The van der Waals surface area contributed by atoms with Gasteiger partial charge in [0.2, 0.25) is 0 Å². The van der Waals surface area contributed by atoms with E-state index in [1.165, 1.54) is 18.4 Å². The van der Waals surface area contributed by atoms with Crippen LogP contribution in [0.3, 0.4) is 0 Å². The Balaban J connectivity index is 2.23. The van der Waals surface area contributed by atoms with Crippen molar-refractivity contribution in [2.45, 2.75) is 0 Å². The predicted molar refractivity (Wildman–Crippen MR) is 82.8 cm³/mol. The fourth-order valence-corrected chi connectivity index (χ4v) is 2.89. The van der Waals surface area contributed by atoms with Crippen LogP contribution in [0.25, 0.3) is 0 Å². The quantitative estimate of drug-likeness (QED) is 0.649. The Morgan fingerprint density at radius 1 is 1.26 bits per heavy atom. The zero-order valence-electron chi connectivity index (χ0n) is 9.98. The van der Waals surface area contributed by atoms with Gasteiger partial charge in [0, 0.05) is 3.57 Å². The molecule has 2 aromatic rings. The lowest BCUT2D eigenvalue weighted by molar-refractivity contribution is 0.0607. The van der Waals surface area contributed by atoms with E-state index in [-0.39, 0.29) is 5.91 Å². The van der Waals surface area contributed by atoms with Crippen LogP contribution in [-0.2, 0) is 4.74 Å². The maximum absolute atomic E-state index is 12.1. The molecule has 0 saturated carbocycles. The molecule has 0 aliphatic carbocycles. The van der Waals surface area contributed by atoms with E-state index in [9.17, 15) is 9.59 Å². The van der Waals surface area contributed by atoms with Gasteiger partial charge < -0.3 is 10.1 Å². The third-order valence-electron chi connectivity index (χ3n) is 2.40. The number of hydrogen-bond acceptors (Lipinski definition) is 4. The van der Waals surface area contributed by atoms with Crippen LogP contribution in [-0.4, -0.2) is 19.0 Å². The second-order valence-electron chi connectivity index (χ2n) is 3.59. The number of thiophene rings is 1. The summed E-state index contributed by atoms with van der Waals surface area (Å²) < 4.78 is 5.52. The minimum atomic E-state index is -0.451. The van der Waals surface area contributed by atoms with E-state index in [1.807, 2.05) is 12.1 Å². The highest BCUT2D eigenvalue weighted by Crippen LogP contribution is 2.24. The summed E-state index contributed by atoms with van der Waals surface area (Å²) in [6.07, 6.45) is 0. The van der Waals surface area contributed by atoms with Crippen molar-refractivity contribution in [2.75, 3.05) is 12.4 Å². The number of ether oxygens (including phenoxy) is 1. The van der Waals surface area contributed by atoms with E-state index >= 15 is 0 Å². The lowest BCUT2D eigenvalue weighted by atomic mass is 10.2. The Labute approximate surface area is 127 Å². The summed E-state index contributed by atoms with van der Waals surface area (Å²) in [5.41, 5.74) is 1.05. The first kappa shape index (κ1) is 14.0. The minimum Gasteiger partial charge on any atom is -0.465 e. The molecule has 0 atom stereocenters. The number of nitrogens with one attached hydrogen (secondary N) is 1. The van der Waals surface area contributed by atoms with Crippen LogP contribution in [0.15, 0.2) is 35.7 Å². The summed E-state index contributed by atoms with van der Waals surface area (Å²) in [6, 6.07) is 8.94. The van der Waals surface area contributed by atoms with Crippen molar-refractivity contribution in [3.05, 3.63) is 49.7 Å². The standard InChI is InChI=1S/C13H10INO3S/c1-18-13(17)11-10(6-7-19-11)15-12(16)8-4-2-3-5-9(8)14/h2-7H,1H3,(H,15,16). The van der Waals surface area contributed by atoms with Gasteiger partial charge in [-0.3, -0.25) is 4.79 Å². The third kappa shape index (κ3) is 3.13. The number of methoxy groups -OCH3 is 1. The van der Waals surface area contributed by atoms with Gasteiger partial charge in [-0.25, -0.2) is 4.79 Å². The number of rotatable bonds is 3. The van der Waals surface area contributed by atoms with Crippen molar-refractivity contribution < 1.29 is 14.3 Å². The number of halogens is 1. The Hall–Kier alpha value is -1.41. The largest absolute Gasteiger partial charge is 0.465 e. The lowest BCUT2D eigenvalue weighted by Crippen LogP contribution is -2.15. The average molecular weight is 387 g/mol. The van der Waals surface area contributed by atoms with E-state index in [0.717, 1.165) is 3.57 Å². The van der Waals surface area contributed by atoms with E-state index < -0.39 is 5.97 Å². The van der Waals surface area contributed by atoms with Gasteiger partial charge in [0.15, 0.2) is 0 Å².